The first-order chi connectivity index (χ1) is 17.1. The molecule has 35 heavy (non-hydrogen) atoms. The molecular weight excluding hydrogens is 455 g/mol. The van der Waals surface area contributed by atoms with E-state index in [4.69, 9.17) is 9.05 Å². The number of phosphoric acid groups is 1. The summed E-state index contributed by atoms with van der Waals surface area (Å²) in [7, 11) is -4.47. The zero-order chi connectivity index (χ0) is 23.8. The zero-order valence-electron chi connectivity index (χ0n) is 18.7. The molecule has 0 atom stereocenters. The van der Waals surface area contributed by atoms with E-state index in [9.17, 15) is 9.46 Å². The van der Waals surface area contributed by atoms with E-state index >= 15 is 0 Å². The maximum Gasteiger partial charge on any atom is 0.584 e. The van der Waals surface area contributed by atoms with Crippen molar-refractivity contribution < 1.29 is 18.5 Å². The summed E-state index contributed by atoms with van der Waals surface area (Å²) in [5.74, 6) is 0.652. The Labute approximate surface area is 203 Å². The second kappa shape index (κ2) is 8.59. The Kier molecular flexibility index (Phi) is 5.26. The number of rotatable bonds is 4. The van der Waals surface area contributed by atoms with Crippen LogP contribution in [0.25, 0.3) is 44.5 Å². The van der Waals surface area contributed by atoms with Gasteiger partial charge < -0.3 is 9.05 Å². The van der Waals surface area contributed by atoms with Crippen molar-refractivity contribution in [3.63, 3.8) is 0 Å². The van der Waals surface area contributed by atoms with Crippen molar-refractivity contribution in [3.05, 3.63) is 121 Å². The lowest BCUT2D eigenvalue weighted by molar-refractivity contribution is 0.297. The van der Waals surface area contributed by atoms with E-state index < -0.39 is 7.82 Å². The molecule has 2 bridgehead atoms. The first-order valence-electron chi connectivity index (χ1n) is 11.3. The monoisotopic (exact) mass is 476 g/mol. The minimum absolute atomic E-state index is 0.326. The fourth-order valence-electron chi connectivity index (χ4n) is 4.66. The smallest absolute Gasteiger partial charge is 0.394 e. The predicted octanol–water partition coefficient (Wildman–Crippen LogP) is 8.23. The molecule has 0 aliphatic carbocycles. The highest BCUT2D eigenvalue weighted by Crippen LogP contribution is 2.64. The van der Waals surface area contributed by atoms with Crippen molar-refractivity contribution in [2.75, 3.05) is 0 Å². The van der Waals surface area contributed by atoms with Gasteiger partial charge in [-0.05, 0) is 22.3 Å². The Bertz CT molecular complexity index is 1330. The molecule has 2 heterocycles. The van der Waals surface area contributed by atoms with Crippen LogP contribution in [0.5, 0.6) is 11.5 Å². The quantitative estimate of drug-likeness (QED) is 0.266. The lowest BCUT2D eigenvalue weighted by Crippen LogP contribution is -1.96. The Hall–Kier alpha value is -4.11. The predicted molar refractivity (Wildman–Crippen MR) is 139 cm³/mol. The third-order valence-corrected chi connectivity index (χ3v) is 6.90. The maximum absolute atomic E-state index is 13.2. The largest absolute Gasteiger partial charge is 0.584 e. The highest BCUT2D eigenvalue weighted by Gasteiger charge is 2.40. The van der Waals surface area contributed by atoms with E-state index in [0.29, 0.717) is 11.5 Å². The Morgan fingerprint density at radius 3 is 0.886 bits per heavy atom. The Morgan fingerprint density at radius 2 is 0.657 bits per heavy atom. The van der Waals surface area contributed by atoms with Gasteiger partial charge in [-0.25, -0.2) is 4.57 Å². The average molecular weight is 476 g/mol. The molecule has 1 N–H and O–H groups in total. The van der Waals surface area contributed by atoms with Crippen LogP contribution >= 0.6 is 7.82 Å². The number of hydrogen-bond acceptors (Lipinski definition) is 3. The van der Waals surface area contributed by atoms with Crippen LogP contribution in [0, 0.1) is 0 Å². The first-order valence-corrected chi connectivity index (χ1v) is 12.8. The van der Waals surface area contributed by atoms with Crippen molar-refractivity contribution in [1.29, 1.82) is 0 Å². The van der Waals surface area contributed by atoms with Gasteiger partial charge in [0.05, 0.1) is 0 Å². The van der Waals surface area contributed by atoms with Gasteiger partial charge >= 0.3 is 7.82 Å². The van der Waals surface area contributed by atoms with Crippen LogP contribution in [0.3, 0.4) is 0 Å². The molecule has 0 amide bonds. The topological polar surface area (TPSA) is 55.8 Å². The van der Waals surface area contributed by atoms with E-state index in [1.54, 1.807) is 0 Å². The van der Waals surface area contributed by atoms with Crippen molar-refractivity contribution in [2.24, 2.45) is 0 Å². The minimum Gasteiger partial charge on any atom is -0.394 e. The third-order valence-electron chi connectivity index (χ3n) is 6.07. The molecule has 170 valence electrons. The fourth-order valence-corrected chi connectivity index (χ4v) is 5.52. The van der Waals surface area contributed by atoms with Gasteiger partial charge in [-0.2, -0.15) is 0 Å². The van der Waals surface area contributed by atoms with Crippen LogP contribution in [0.15, 0.2) is 121 Å². The van der Waals surface area contributed by atoms with E-state index in [0.717, 1.165) is 44.5 Å². The molecule has 0 radical (unpaired) electrons. The van der Waals surface area contributed by atoms with Gasteiger partial charge in [-0.15, -0.1) is 0 Å². The molecule has 7 rings (SSSR count). The van der Waals surface area contributed by atoms with E-state index in [1.165, 1.54) is 0 Å². The summed E-state index contributed by atoms with van der Waals surface area (Å²) in [5, 5.41) is 0. The van der Waals surface area contributed by atoms with Crippen molar-refractivity contribution >= 4 is 7.82 Å². The van der Waals surface area contributed by atoms with Crippen molar-refractivity contribution in [2.45, 2.75) is 0 Å². The van der Waals surface area contributed by atoms with Gasteiger partial charge in [0.25, 0.3) is 0 Å². The highest BCUT2D eigenvalue weighted by molar-refractivity contribution is 7.48. The molecule has 5 aromatic carbocycles. The van der Waals surface area contributed by atoms with Gasteiger partial charge in [-0.1, -0.05) is 121 Å². The lowest BCUT2D eigenvalue weighted by atomic mass is 9.83. The van der Waals surface area contributed by atoms with Gasteiger partial charge in [0.2, 0.25) is 0 Å². The molecule has 2 aliphatic rings. The fraction of sp³-hybridized carbons (Fsp3) is 0. The lowest BCUT2D eigenvalue weighted by Gasteiger charge is -2.21. The zero-order valence-corrected chi connectivity index (χ0v) is 19.6. The summed E-state index contributed by atoms with van der Waals surface area (Å²) in [5.41, 5.74) is 6.34. The van der Waals surface area contributed by atoms with Gasteiger partial charge in [0.15, 0.2) is 0 Å². The van der Waals surface area contributed by atoms with Crippen LogP contribution in [0.1, 0.15) is 0 Å². The van der Waals surface area contributed by atoms with Gasteiger partial charge in [0, 0.05) is 22.3 Å². The number of fused-ring (bicyclic) bond motifs is 4. The maximum atomic E-state index is 13.2. The summed E-state index contributed by atoms with van der Waals surface area (Å²) in [4.78, 5) is 10.8. The van der Waals surface area contributed by atoms with Crippen LogP contribution < -0.4 is 9.05 Å². The van der Waals surface area contributed by atoms with Crippen molar-refractivity contribution in [3.8, 4) is 56.0 Å². The number of benzene rings is 5. The Morgan fingerprint density at radius 1 is 0.429 bits per heavy atom. The number of phosphoric ester groups is 1. The van der Waals surface area contributed by atoms with Crippen LogP contribution in [0.2, 0.25) is 0 Å². The van der Waals surface area contributed by atoms with Crippen molar-refractivity contribution in [1.82, 2.24) is 0 Å². The molecule has 0 fully saturated rings. The van der Waals surface area contributed by atoms with Crippen LogP contribution in [-0.2, 0) is 4.57 Å². The summed E-state index contributed by atoms with van der Waals surface area (Å²) >= 11 is 0. The van der Waals surface area contributed by atoms with Gasteiger partial charge in [-0.3, -0.25) is 4.89 Å². The molecule has 5 heteroatoms. The van der Waals surface area contributed by atoms with E-state index in [-0.39, 0.29) is 0 Å². The normalized spacial score (nSPS) is 13.5. The molecule has 0 spiro atoms. The molecule has 4 nitrogen and oxygen atoms in total. The van der Waals surface area contributed by atoms with Crippen LogP contribution in [0.4, 0.5) is 0 Å². The Balaban J connectivity index is 1.86. The molecule has 0 aromatic heterocycles. The second-order valence-corrected chi connectivity index (χ2v) is 9.58. The molecule has 0 unspecified atom stereocenters. The first kappa shape index (κ1) is 21.4. The summed E-state index contributed by atoms with van der Waals surface area (Å²) < 4.78 is 25.0. The number of hydrogen-bond donors (Lipinski definition) is 1. The molecule has 0 saturated carbocycles. The minimum atomic E-state index is -4.47. The third kappa shape index (κ3) is 3.83. The molecule has 5 aromatic rings. The molecule has 2 aliphatic heterocycles. The SMILES string of the molecule is O=P1(O)Oc2c(-c3ccccc3)c(-c3ccccc3)c(c(-c3ccccc3)c2-c2ccccc2)O1. The summed E-state index contributed by atoms with van der Waals surface area (Å²) in [6.45, 7) is 0. The summed E-state index contributed by atoms with van der Waals surface area (Å²) in [6.07, 6.45) is 0. The second-order valence-electron chi connectivity index (χ2n) is 8.27. The molecule has 0 saturated heterocycles. The van der Waals surface area contributed by atoms with Crippen LogP contribution in [-0.4, -0.2) is 4.89 Å². The highest BCUT2D eigenvalue weighted by atomic mass is 31.2. The standard InChI is InChI=1S/C30H21O4P/c31-35(32)33-29-25(21-13-5-1-6-14-21)26(22-15-7-2-8-16-22)30(34-35)28(24-19-11-4-12-20-24)27(29)23-17-9-3-10-18-23/h1-20H,(H,31,32). The average Bonchev–Trinajstić information content (AvgIpc) is 3.10. The summed E-state index contributed by atoms with van der Waals surface area (Å²) in [6, 6.07) is 39.1. The molecular formula is C30H21O4P. The van der Waals surface area contributed by atoms with E-state index in [1.807, 2.05) is 121 Å². The van der Waals surface area contributed by atoms with Gasteiger partial charge in [0.1, 0.15) is 11.5 Å². The van der Waals surface area contributed by atoms with E-state index in [2.05, 4.69) is 0 Å².